The fourth-order valence-corrected chi connectivity index (χ4v) is 4.98. The van der Waals surface area contributed by atoms with E-state index in [-0.39, 0.29) is 6.29 Å². The van der Waals surface area contributed by atoms with Crippen molar-refractivity contribution in [1.82, 2.24) is 4.98 Å². The molecule has 4 heteroatoms. The van der Waals surface area contributed by atoms with E-state index < -0.39 is 0 Å². The lowest BCUT2D eigenvalue weighted by molar-refractivity contribution is -0.206. The zero-order valence-electron chi connectivity index (χ0n) is 23.6. The maximum Gasteiger partial charge on any atom is 0.185 e. The van der Waals surface area contributed by atoms with E-state index in [2.05, 4.69) is 43.1 Å². The molecule has 0 unspecified atom stereocenters. The predicted octanol–water partition coefficient (Wildman–Crippen LogP) is 9.68. The first-order valence-corrected chi connectivity index (χ1v) is 15.2. The molecule has 0 bridgehead atoms. The Labute approximate surface area is 226 Å². The highest BCUT2D eigenvalue weighted by Gasteiger charge is 2.23. The van der Waals surface area contributed by atoms with Crippen LogP contribution in [-0.4, -0.2) is 24.8 Å². The smallest absolute Gasteiger partial charge is 0.185 e. The van der Waals surface area contributed by atoms with Crippen molar-refractivity contribution in [3.8, 4) is 17.0 Å². The van der Waals surface area contributed by atoms with E-state index in [1.54, 1.807) is 0 Å². The van der Waals surface area contributed by atoms with Crippen molar-refractivity contribution >= 4 is 0 Å². The molecule has 3 rings (SSSR count). The molecule has 2 aromatic rings. The Bertz CT molecular complexity index is 812. The number of nitrogens with zero attached hydrogens (tertiary/aromatic N) is 1. The molecule has 4 nitrogen and oxygen atoms in total. The lowest BCUT2D eigenvalue weighted by Gasteiger charge is -2.29. The van der Waals surface area contributed by atoms with Crippen LogP contribution in [0, 0.1) is 5.92 Å². The van der Waals surface area contributed by atoms with Crippen LogP contribution in [0.1, 0.15) is 122 Å². The van der Waals surface area contributed by atoms with Gasteiger partial charge in [-0.2, -0.15) is 0 Å². The summed E-state index contributed by atoms with van der Waals surface area (Å²) in [7, 11) is 0. The Kier molecular flexibility index (Phi) is 14.7. The molecule has 2 heterocycles. The summed E-state index contributed by atoms with van der Waals surface area (Å²) in [5, 5.41) is 0. The molecule has 0 spiro atoms. The van der Waals surface area contributed by atoms with E-state index in [0.717, 1.165) is 48.8 Å². The van der Waals surface area contributed by atoms with Crippen molar-refractivity contribution in [2.45, 2.75) is 116 Å². The summed E-state index contributed by atoms with van der Waals surface area (Å²) in [5.41, 5.74) is 3.04. The van der Waals surface area contributed by atoms with E-state index in [0.29, 0.717) is 5.92 Å². The molecule has 1 aromatic heterocycles. The van der Waals surface area contributed by atoms with Crippen LogP contribution in [0.2, 0.25) is 0 Å². The summed E-state index contributed by atoms with van der Waals surface area (Å²) >= 11 is 0. The standard InChI is InChI=1S/C33H51NO3/c1-3-5-7-9-11-12-13-15-17-28-26-36-33(37-27-28)30-20-23-32(34-25-30)29-18-21-31(22-19-29)35-24-16-14-10-8-6-4-2/h18-23,25,28,33H,3-17,24,26-27H2,1-2H3. The number of unbranched alkanes of at least 4 members (excludes halogenated alkanes) is 12. The van der Waals surface area contributed by atoms with Gasteiger partial charge in [-0.1, -0.05) is 103 Å². The molecule has 1 aliphatic rings. The number of rotatable bonds is 19. The molecule has 0 aliphatic carbocycles. The van der Waals surface area contributed by atoms with Gasteiger partial charge in [0.2, 0.25) is 0 Å². The van der Waals surface area contributed by atoms with Crippen molar-refractivity contribution in [3.63, 3.8) is 0 Å². The molecule has 0 amide bonds. The third-order valence-corrected chi connectivity index (χ3v) is 7.41. The molecule has 0 saturated carbocycles. The Morgan fingerprint density at radius 2 is 1.30 bits per heavy atom. The highest BCUT2D eigenvalue weighted by molar-refractivity contribution is 5.60. The van der Waals surface area contributed by atoms with E-state index in [1.165, 1.54) is 89.9 Å². The minimum absolute atomic E-state index is 0.297. The average Bonchev–Trinajstić information content (AvgIpc) is 2.95. The van der Waals surface area contributed by atoms with Gasteiger partial charge in [-0.3, -0.25) is 4.98 Å². The molecular formula is C33H51NO3. The topological polar surface area (TPSA) is 40.6 Å². The van der Waals surface area contributed by atoms with Gasteiger partial charge in [-0.25, -0.2) is 0 Å². The molecule has 1 aliphatic heterocycles. The largest absolute Gasteiger partial charge is 0.494 e. The maximum absolute atomic E-state index is 6.06. The highest BCUT2D eigenvalue weighted by Crippen LogP contribution is 2.29. The quantitative estimate of drug-likeness (QED) is 0.177. The minimum Gasteiger partial charge on any atom is -0.494 e. The molecule has 1 fully saturated rings. The monoisotopic (exact) mass is 509 g/mol. The summed E-state index contributed by atoms with van der Waals surface area (Å²) in [6.07, 6.45) is 21.4. The van der Waals surface area contributed by atoms with E-state index in [1.807, 2.05) is 18.3 Å². The molecular weight excluding hydrogens is 458 g/mol. The number of ether oxygens (including phenoxy) is 3. The summed E-state index contributed by atoms with van der Waals surface area (Å²) < 4.78 is 18.0. The molecule has 1 aromatic carbocycles. The van der Waals surface area contributed by atoms with Crippen molar-refractivity contribution in [3.05, 3.63) is 48.2 Å². The Morgan fingerprint density at radius 3 is 1.89 bits per heavy atom. The van der Waals surface area contributed by atoms with Crippen molar-refractivity contribution in [1.29, 1.82) is 0 Å². The van der Waals surface area contributed by atoms with Gasteiger partial charge >= 0.3 is 0 Å². The normalized spacial score (nSPS) is 17.7. The predicted molar refractivity (Wildman–Crippen MR) is 154 cm³/mol. The second-order valence-electron chi connectivity index (χ2n) is 10.7. The first-order chi connectivity index (χ1) is 18.3. The molecule has 0 N–H and O–H groups in total. The molecule has 0 radical (unpaired) electrons. The first kappa shape index (κ1) is 29.6. The summed E-state index contributed by atoms with van der Waals surface area (Å²) in [4.78, 5) is 4.68. The van der Waals surface area contributed by atoms with Gasteiger partial charge in [0.05, 0.1) is 25.5 Å². The van der Waals surface area contributed by atoms with Crippen LogP contribution in [-0.2, 0) is 9.47 Å². The lowest BCUT2D eigenvalue weighted by atomic mass is 10.0. The van der Waals surface area contributed by atoms with Gasteiger partial charge < -0.3 is 14.2 Å². The van der Waals surface area contributed by atoms with E-state index in [4.69, 9.17) is 14.2 Å². The van der Waals surface area contributed by atoms with Crippen LogP contribution in [0.4, 0.5) is 0 Å². The van der Waals surface area contributed by atoms with E-state index in [9.17, 15) is 0 Å². The van der Waals surface area contributed by atoms with E-state index >= 15 is 0 Å². The number of benzene rings is 1. The summed E-state index contributed by atoms with van der Waals surface area (Å²) in [6.45, 7) is 6.88. The number of pyridine rings is 1. The van der Waals surface area contributed by atoms with Crippen LogP contribution in [0.5, 0.6) is 5.75 Å². The minimum atomic E-state index is -0.297. The van der Waals surface area contributed by atoms with Gasteiger partial charge in [-0.15, -0.1) is 0 Å². The molecule has 1 saturated heterocycles. The zero-order chi connectivity index (χ0) is 26.0. The van der Waals surface area contributed by atoms with Crippen LogP contribution in [0.15, 0.2) is 42.6 Å². The Balaban J connectivity index is 1.31. The van der Waals surface area contributed by atoms with Gasteiger partial charge in [0.15, 0.2) is 6.29 Å². The Hall–Kier alpha value is -1.91. The van der Waals surface area contributed by atoms with Crippen molar-refractivity contribution < 1.29 is 14.2 Å². The average molecular weight is 510 g/mol. The second kappa shape index (κ2) is 18.4. The molecule has 37 heavy (non-hydrogen) atoms. The fourth-order valence-electron chi connectivity index (χ4n) is 4.98. The lowest BCUT2D eigenvalue weighted by Crippen LogP contribution is -2.27. The van der Waals surface area contributed by atoms with Gasteiger partial charge in [-0.05, 0) is 43.2 Å². The van der Waals surface area contributed by atoms with Crippen LogP contribution < -0.4 is 4.74 Å². The summed E-state index contributed by atoms with van der Waals surface area (Å²) in [6, 6.07) is 12.4. The van der Waals surface area contributed by atoms with Gasteiger partial charge in [0.1, 0.15) is 5.75 Å². The first-order valence-electron chi connectivity index (χ1n) is 15.2. The Morgan fingerprint density at radius 1 is 0.703 bits per heavy atom. The van der Waals surface area contributed by atoms with Gasteiger partial charge in [0, 0.05) is 23.2 Å². The van der Waals surface area contributed by atoms with Gasteiger partial charge in [0.25, 0.3) is 0 Å². The number of hydrogen-bond acceptors (Lipinski definition) is 4. The fraction of sp³-hybridized carbons (Fsp3) is 0.667. The van der Waals surface area contributed by atoms with Crippen molar-refractivity contribution in [2.24, 2.45) is 5.92 Å². The second-order valence-corrected chi connectivity index (χ2v) is 10.7. The SMILES string of the molecule is CCCCCCCCCCC1COC(c2ccc(-c3ccc(OCCCCCCCC)cc3)nc2)OC1. The third kappa shape index (κ3) is 11.6. The third-order valence-electron chi connectivity index (χ3n) is 7.41. The van der Waals surface area contributed by atoms with Crippen LogP contribution >= 0.6 is 0 Å². The van der Waals surface area contributed by atoms with Crippen molar-refractivity contribution in [2.75, 3.05) is 19.8 Å². The van der Waals surface area contributed by atoms with Crippen LogP contribution in [0.3, 0.4) is 0 Å². The number of hydrogen-bond donors (Lipinski definition) is 0. The maximum atomic E-state index is 6.06. The molecule has 206 valence electrons. The zero-order valence-corrected chi connectivity index (χ0v) is 23.6. The number of aromatic nitrogens is 1. The highest BCUT2D eigenvalue weighted by atomic mass is 16.7. The molecule has 0 atom stereocenters. The van der Waals surface area contributed by atoms with Crippen LogP contribution in [0.25, 0.3) is 11.3 Å². The summed E-state index contributed by atoms with van der Waals surface area (Å²) in [5.74, 6) is 1.45.